The molecule has 0 unspecified atom stereocenters. The summed E-state index contributed by atoms with van der Waals surface area (Å²) in [6.07, 6.45) is 0. The van der Waals surface area contributed by atoms with Crippen LogP contribution in [0.1, 0.15) is 5.56 Å². The maximum Gasteiger partial charge on any atom is 0.213 e. The molecule has 0 radical (unpaired) electrons. The van der Waals surface area contributed by atoms with E-state index in [9.17, 15) is 0 Å². The van der Waals surface area contributed by atoms with Crippen molar-refractivity contribution in [2.75, 3.05) is 0 Å². The van der Waals surface area contributed by atoms with Crippen molar-refractivity contribution in [3.05, 3.63) is 90.5 Å². The summed E-state index contributed by atoms with van der Waals surface area (Å²) in [6, 6.07) is 30.2. The van der Waals surface area contributed by atoms with Gasteiger partial charge in [0.1, 0.15) is 18.2 Å². The van der Waals surface area contributed by atoms with Gasteiger partial charge in [-0.25, -0.2) is 0 Å². The van der Waals surface area contributed by atoms with Gasteiger partial charge in [-0.3, -0.25) is 0 Å². The number of aromatic nitrogens is 1. The van der Waals surface area contributed by atoms with Gasteiger partial charge in [0.05, 0.1) is 5.56 Å². The topological polar surface area (TPSA) is 17.0 Å². The molecule has 138 valence electrons. The normalized spacial score (nSPS) is 11.8. The highest BCUT2D eigenvalue weighted by Gasteiger charge is 2.18. The van der Waals surface area contributed by atoms with Crippen LogP contribution in [0.3, 0.4) is 0 Å². The van der Waals surface area contributed by atoms with Crippen molar-refractivity contribution in [3.8, 4) is 11.3 Å². The summed E-state index contributed by atoms with van der Waals surface area (Å²) in [7, 11) is 2.13. The number of nitrogens with zero attached hydrogens (tertiary/aromatic N) is 1. The zero-order valence-corrected chi connectivity index (χ0v) is 16.4. The van der Waals surface area contributed by atoms with Gasteiger partial charge in [0.15, 0.2) is 0 Å². The highest BCUT2D eigenvalue weighted by atomic mass is 16.3. The van der Waals surface area contributed by atoms with Gasteiger partial charge < -0.3 is 4.42 Å². The molecule has 4 aromatic carbocycles. The van der Waals surface area contributed by atoms with E-state index in [0.717, 1.165) is 11.2 Å². The molecule has 0 N–H and O–H groups in total. The van der Waals surface area contributed by atoms with E-state index >= 15 is 0 Å². The molecule has 0 saturated heterocycles. The fraction of sp³-hybridized carbons (Fsp3) is 0.0741. The van der Waals surface area contributed by atoms with E-state index in [1.807, 2.05) is 0 Å². The number of para-hydroxylation sites is 1. The average Bonchev–Trinajstić information content (AvgIpc) is 3.08. The van der Waals surface area contributed by atoms with Gasteiger partial charge in [-0.1, -0.05) is 36.4 Å². The summed E-state index contributed by atoms with van der Waals surface area (Å²) >= 11 is 0. The van der Waals surface area contributed by atoms with Crippen molar-refractivity contribution in [2.24, 2.45) is 7.05 Å². The number of fused-ring (bicyclic) bond motifs is 5. The Bertz CT molecular complexity index is 1570. The third kappa shape index (κ3) is 2.39. The smallest absolute Gasteiger partial charge is 0.213 e. The molecule has 0 bridgehead atoms. The Morgan fingerprint density at radius 2 is 1.31 bits per heavy atom. The summed E-state index contributed by atoms with van der Waals surface area (Å²) in [4.78, 5) is 0. The first-order valence-electron chi connectivity index (χ1n) is 9.93. The molecule has 6 rings (SSSR count). The minimum absolute atomic E-state index is 0.934. The minimum Gasteiger partial charge on any atom is -0.456 e. The van der Waals surface area contributed by atoms with Crippen LogP contribution >= 0.6 is 0 Å². The van der Waals surface area contributed by atoms with Crippen molar-refractivity contribution >= 4 is 43.6 Å². The van der Waals surface area contributed by atoms with Crippen LogP contribution in [0.4, 0.5) is 0 Å². The van der Waals surface area contributed by atoms with E-state index in [2.05, 4.69) is 103 Å². The van der Waals surface area contributed by atoms with Crippen molar-refractivity contribution < 1.29 is 8.98 Å². The zero-order chi connectivity index (χ0) is 19.5. The lowest BCUT2D eigenvalue weighted by Gasteiger charge is -2.07. The van der Waals surface area contributed by atoms with E-state index < -0.39 is 0 Å². The van der Waals surface area contributed by atoms with Crippen molar-refractivity contribution in [3.63, 3.8) is 0 Å². The van der Waals surface area contributed by atoms with Crippen LogP contribution in [0.25, 0.3) is 54.9 Å². The van der Waals surface area contributed by atoms with Crippen LogP contribution in [-0.4, -0.2) is 0 Å². The molecule has 0 fully saturated rings. The minimum atomic E-state index is 0.934. The van der Waals surface area contributed by atoms with Gasteiger partial charge in [-0.05, 0) is 59.7 Å². The Balaban J connectivity index is 1.64. The lowest BCUT2D eigenvalue weighted by atomic mass is 9.99. The Hall–Kier alpha value is -3.65. The highest BCUT2D eigenvalue weighted by molar-refractivity contribution is 6.11. The first-order chi connectivity index (χ1) is 14.2. The Morgan fingerprint density at radius 1 is 0.655 bits per heavy atom. The number of hydrogen-bond acceptors (Lipinski definition) is 1. The van der Waals surface area contributed by atoms with E-state index in [1.54, 1.807) is 0 Å². The molecule has 6 aromatic rings. The Kier molecular flexibility index (Phi) is 3.33. The number of pyridine rings is 1. The third-order valence-electron chi connectivity index (χ3n) is 6.04. The average molecular weight is 374 g/mol. The van der Waals surface area contributed by atoms with Gasteiger partial charge in [-0.2, -0.15) is 4.57 Å². The number of hydrogen-bond donors (Lipinski definition) is 0. The number of furan rings is 1. The summed E-state index contributed by atoms with van der Waals surface area (Å²) < 4.78 is 8.56. The van der Waals surface area contributed by atoms with E-state index in [4.69, 9.17) is 4.42 Å². The maximum absolute atomic E-state index is 6.30. The Morgan fingerprint density at radius 3 is 2.14 bits per heavy atom. The number of aryl methyl sites for hydroxylation is 2. The SMILES string of the molecule is Cc1cc2c(cc1-c1ccc3ccccc3[n+]1C)oc1cc3ccccc3cc12. The van der Waals surface area contributed by atoms with Crippen molar-refractivity contribution in [1.29, 1.82) is 0 Å². The second kappa shape index (κ2) is 5.92. The first-order valence-corrected chi connectivity index (χ1v) is 9.93. The lowest BCUT2D eigenvalue weighted by Crippen LogP contribution is -2.32. The van der Waals surface area contributed by atoms with Crippen molar-refractivity contribution in [1.82, 2.24) is 0 Å². The van der Waals surface area contributed by atoms with Crippen LogP contribution in [0.2, 0.25) is 0 Å². The molecule has 2 nitrogen and oxygen atoms in total. The van der Waals surface area contributed by atoms with Gasteiger partial charge in [0, 0.05) is 28.3 Å². The second-order valence-electron chi connectivity index (χ2n) is 7.80. The summed E-state index contributed by atoms with van der Waals surface area (Å²) in [5.74, 6) is 0. The predicted molar refractivity (Wildman–Crippen MR) is 120 cm³/mol. The van der Waals surface area contributed by atoms with Crippen LogP contribution in [-0.2, 0) is 7.05 Å². The quantitative estimate of drug-likeness (QED) is 0.293. The third-order valence-corrected chi connectivity index (χ3v) is 6.04. The zero-order valence-electron chi connectivity index (χ0n) is 16.4. The fourth-order valence-electron chi connectivity index (χ4n) is 4.51. The van der Waals surface area contributed by atoms with Gasteiger partial charge in [0.25, 0.3) is 0 Å². The highest BCUT2D eigenvalue weighted by Crippen LogP contribution is 2.36. The largest absolute Gasteiger partial charge is 0.456 e. The summed E-state index contributed by atoms with van der Waals surface area (Å²) in [6.45, 7) is 2.18. The van der Waals surface area contributed by atoms with E-state index in [-0.39, 0.29) is 0 Å². The standard InChI is InChI=1S/C27H20NO/c1-17-13-22-23-14-19-8-3-4-9-20(19)15-26(23)29-27(22)16-21(17)25-12-11-18-7-5-6-10-24(18)28(25)2/h3-16H,1-2H3/q+1. The van der Waals surface area contributed by atoms with E-state index in [0.29, 0.717) is 0 Å². The maximum atomic E-state index is 6.30. The lowest BCUT2D eigenvalue weighted by molar-refractivity contribution is -0.633. The van der Waals surface area contributed by atoms with Gasteiger partial charge in [0.2, 0.25) is 11.2 Å². The van der Waals surface area contributed by atoms with Crippen LogP contribution in [0.5, 0.6) is 0 Å². The molecule has 2 heterocycles. The van der Waals surface area contributed by atoms with Crippen molar-refractivity contribution in [2.45, 2.75) is 6.92 Å². The van der Waals surface area contributed by atoms with Gasteiger partial charge >= 0.3 is 0 Å². The number of benzene rings is 4. The van der Waals surface area contributed by atoms with Crippen LogP contribution < -0.4 is 4.57 Å². The molecular weight excluding hydrogens is 354 g/mol. The fourth-order valence-corrected chi connectivity index (χ4v) is 4.51. The molecule has 2 heteroatoms. The molecule has 2 aromatic heterocycles. The molecule has 0 aliphatic heterocycles. The molecule has 0 atom stereocenters. The molecule has 29 heavy (non-hydrogen) atoms. The molecule has 0 spiro atoms. The number of rotatable bonds is 1. The monoisotopic (exact) mass is 374 g/mol. The predicted octanol–water partition coefficient (Wildman–Crippen LogP) is 6.69. The first kappa shape index (κ1) is 16.3. The summed E-state index contributed by atoms with van der Waals surface area (Å²) in [5.41, 5.74) is 6.74. The molecular formula is C27H20NO+. The molecule has 0 aliphatic carbocycles. The van der Waals surface area contributed by atoms with Gasteiger partial charge in [-0.15, -0.1) is 0 Å². The van der Waals surface area contributed by atoms with Crippen LogP contribution in [0, 0.1) is 6.92 Å². The van der Waals surface area contributed by atoms with E-state index in [1.165, 1.54) is 49.3 Å². The molecule has 0 saturated carbocycles. The summed E-state index contributed by atoms with van der Waals surface area (Å²) in [5, 5.41) is 6.04. The van der Waals surface area contributed by atoms with Crippen LogP contribution in [0.15, 0.2) is 89.3 Å². The Labute approximate surface area is 168 Å². The molecule has 0 aliphatic rings. The molecule has 0 amide bonds. The second-order valence-corrected chi connectivity index (χ2v) is 7.80.